The summed E-state index contributed by atoms with van der Waals surface area (Å²) in [7, 11) is 0. The van der Waals surface area contributed by atoms with Gasteiger partial charge >= 0.3 is 0 Å². The number of halogens is 5. The summed E-state index contributed by atoms with van der Waals surface area (Å²) >= 11 is 8.07. The number of hydrogen-bond donors (Lipinski definition) is 0. The Morgan fingerprint density at radius 3 is 2.11 bits per heavy atom. The molecule has 6 heteroatoms. The molecule has 0 aliphatic carbocycles. The van der Waals surface area contributed by atoms with Gasteiger partial charge in [-0.1, -0.05) is 15.9 Å². The Morgan fingerprint density at radius 2 is 1.67 bits per heavy atom. The minimum atomic E-state index is -0.920. The van der Waals surface area contributed by atoms with E-state index in [1.54, 1.807) is 6.07 Å². The average Bonchev–Trinajstić information content (AvgIpc) is 2.56. The van der Waals surface area contributed by atoms with E-state index in [-0.39, 0.29) is 5.56 Å². The third-order valence-corrected chi connectivity index (χ3v) is 5.02. The number of benzene rings is 1. The molecule has 0 aliphatic heterocycles. The van der Waals surface area contributed by atoms with Crippen LogP contribution in [0.5, 0.6) is 0 Å². The van der Waals surface area contributed by atoms with Crippen LogP contribution in [-0.4, -0.2) is 0 Å². The predicted molar refractivity (Wildman–Crippen MR) is 73.8 cm³/mol. The lowest BCUT2D eigenvalue weighted by Gasteiger charge is -2.12. The first-order valence-corrected chi connectivity index (χ1v) is 7.47. The molecule has 0 bridgehead atoms. The number of hydrogen-bond acceptors (Lipinski definition) is 1. The maximum absolute atomic E-state index is 13.7. The van der Waals surface area contributed by atoms with Crippen molar-refractivity contribution < 1.29 is 13.2 Å². The van der Waals surface area contributed by atoms with Crippen LogP contribution in [0.4, 0.5) is 13.2 Å². The summed E-state index contributed by atoms with van der Waals surface area (Å²) in [5, 5.41) is 0. The van der Waals surface area contributed by atoms with Crippen LogP contribution in [0.2, 0.25) is 0 Å². The van der Waals surface area contributed by atoms with Crippen molar-refractivity contribution in [3.8, 4) is 0 Å². The third-order valence-electron chi connectivity index (χ3n) is 2.50. The minimum absolute atomic E-state index is 0.176. The minimum Gasteiger partial charge on any atom is -0.207 e. The lowest BCUT2D eigenvalue weighted by molar-refractivity contribution is 0.527. The Morgan fingerprint density at radius 1 is 1.11 bits per heavy atom. The topological polar surface area (TPSA) is 0 Å². The first-order valence-electron chi connectivity index (χ1n) is 4.94. The lowest BCUT2D eigenvalue weighted by Crippen LogP contribution is -2.02. The smallest absolute Gasteiger partial charge is 0.133 e. The average molecular weight is 400 g/mol. The second-order valence-electron chi connectivity index (χ2n) is 3.71. The van der Waals surface area contributed by atoms with Gasteiger partial charge < -0.3 is 0 Å². The quantitative estimate of drug-likeness (QED) is 0.566. The van der Waals surface area contributed by atoms with E-state index in [4.69, 9.17) is 0 Å². The second-order valence-corrected chi connectivity index (χ2v) is 7.26. The molecule has 1 unspecified atom stereocenters. The van der Waals surface area contributed by atoms with Gasteiger partial charge in [0, 0.05) is 22.6 Å². The molecule has 0 saturated carbocycles. The van der Waals surface area contributed by atoms with Crippen LogP contribution in [0.15, 0.2) is 22.0 Å². The monoisotopic (exact) mass is 398 g/mol. The molecule has 0 nitrogen and oxygen atoms in total. The van der Waals surface area contributed by atoms with E-state index < -0.39 is 22.3 Å². The first-order chi connectivity index (χ1) is 8.40. The summed E-state index contributed by atoms with van der Waals surface area (Å²) in [5.74, 6) is -2.70. The molecule has 1 aromatic carbocycles. The fourth-order valence-corrected chi connectivity index (χ4v) is 4.47. The van der Waals surface area contributed by atoms with Crippen molar-refractivity contribution in [3.05, 3.63) is 55.4 Å². The lowest BCUT2D eigenvalue weighted by atomic mass is 10.0. The summed E-state index contributed by atoms with van der Waals surface area (Å²) < 4.78 is 41.1. The first kappa shape index (κ1) is 14.1. The summed E-state index contributed by atoms with van der Waals surface area (Å²) in [6.45, 7) is 1.86. The summed E-state index contributed by atoms with van der Waals surface area (Å²) in [6, 6.07) is 3.16. The maximum atomic E-state index is 13.7. The highest BCUT2D eigenvalue weighted by atomic mass is 79.9. The van der Waals surface area contributed by atoms with E-state index in [2.05, 4.69) is 31.9 Å². The largest absolute Gasteiger partial charge is 0.207 e. The Kier molecular flexibility index (Phi) is 4.18. The molecule has 96 valence electrons. The fourth-order valence-electron chi connectivity index (χ4n) is 1.66. The van der Waals surface area contributed by atoms with Crippen molar-refractivity contribution in [2.75, 3.05) is 0 Å². The van der Waals surface area contributed by atoms with Crippen molar-refractivity contribution in [2.45, 2.75) is 11.8 Å². The predicted octanol–water partition coefficient (Wildman–Crippen LogP) is 5.72. The summed E-state index contributed by atoms with van der Waals surface area (Å²) in [4.78, 5) is 0.299. The van der Waals surface area contributed by atoms with Crippen molar-refractivity contribution in [1.82, 2.24) is 0 Å². The standard InChI is InChI=1S/C12H7Br2F3S/c1-5-7(4-10(13)18-5)12(14)11-8(16)2-6(15)3-9(11)17/h2-4,12H,1H3. The van der Waals surface area contributed by atoms with Gasteiger partial charge in [0.05, 0.1) is 8.61 Å². The molecule has 0 N–H and O–H groups in total. The van der Waals surface area contributed by atoms with Crippen LogP contribution in [0.25, 0.3) is 0 Å². The Bertz CT molecular complexity index is 572. The SMILES string of the molecule is Cc1sc(Br)cc1C(Br)c1c(F)cc(F)cc1F. The van der Waals surface area contributed by atoms with E-state index in [9.17, 15) is 13.2 Å². The zero-order valence-corrected chi connectivity index (χ0v) is 13.1. The van der Waals surface area contributed by atoms with E-state index in [1.807, 2.05) is 6.92 Å². The van der Waals surface area contributed by atoms with Crippen LogP contribution in [0.1, 0.15) is 20.8 Å². The van der Waals surface area contributed by atoms with E-state index in [0.717, 1.165) is 14.2 Å². The Balaban J connectivity index is 2.52. The van der Waals surface area contributed by atoms with Gasteiger partial charge in [0.15, 0.2) is 0 Å². The molecule has 0 amide bonds. The molecule has 0 fully saturated rings. The number of rotatable bonds is 2. The highest BCUT2D eigenvalue weighted by Gasteiger charge is 2.23. The van der Waals surface area contributed by atoms with Crippen molar-refractivity contribution in [2.24, 2.45) is 0 Å². The number of alkyl halides is 1. The summed E-state index contributed by atoms with van der Waals surface area (Å²) in [6.07, 6.45) is 0. The molecule has 2 aromatic rings. The molecular weight excluding hydrogens is 393 g/mol. The van der Waals surface area contributed by atoms with Gasteiger partial charge in [-0.15, -0.1) is 11.3 Å². The van der Waals surface area contributed by atoms with Crippen LogP contribution >= 0.6 is 43.2 Å². The van der Waals surface area contributed by atoms with E-state index in [1.165, 1.54) is 11.3 Å². The van der Waals surface area contributed by atoms with Crippen LogP contribution < -0.4 is 0 Å². The molecule has 0 radical (unpaired) electrons. The molecule has 18 heavy (non-hydrogen) atoms. The maximum Gasteiger partial charge on any atom is 0.133 e. The van der Waals surface area contributed by atoms with Crippen molar-refractivity contribution >= 4 is 43.2 Å². The van der Waals surface area contributed by atoms with Gasteiger partial charge in [-0.2, -0.15) is 0 Å². The van der Waals surface area contributed by atoms with Gasteiger partial charge in [-0.25, -0.2) is 13.2 Å². The zero-order valence-electron chi connectivity index (χ0n) is 9.11. The van der Waals surface area contributed by atoms with Gasteiger partial charge in [0.25, 0.3) is 0 Å². The third kappa shape index (κ3) is 2.65. The van der Waals surface area contributed by atoms with E-state index >= 15 is 0 Å². The van der Waals surface area contributed by atoms with Gasteiger partial charge in [0.1, 0.15) is 17.5 Å². The second kappa shape index (κ2) is 5.35. The Labute approximate surface area is 123 Å². The molecule has 0 aliphatic rings. The van der Waals surface area contributed by atoms with Crippen LogP contribution in [0, 0.1) is 24.4 Å². The summed E-state index contributed by atoms with van der Waals surface area (Å²) in [5.41, 5.74) is 0.584. The molecule has 0 saturated heterocycles. The van der Waals surface area contributed by atoms with Gasteiger partial charge in [-0.3, -0.25) is 0 Å². The molecular formula is C12H7Br2F3S. The molecule has 0 spiro atoms. The van der Waals surface area contributed by atoms with Crippen molar-refractivity contribution in [3.63, 3.8) is 0 Å². The van der Waals surface area contributed by atoms with Crippen molar-refractivity contribution in [1.29, 1.82) is 0 Å². The number of thiophene rings is 1. The van der Waals surface area contributed by atoms with Crippen LogP contribution in [0.3, 0.4) is 0 Å². The normalized spacial score (nSPS) is 12.8. The van der Waals surface area contributed by atoms with E-state index in [0.29, 0.717) is 12.1 Å². The highest BCUT2D eigenvalue weighted by Crippen LogP contribution is 2.40. The number of aryl methyl sites for hydroxylation is 1. The van der Waals surface area contributed by atoms with Gasteiger partial charge in [0.2, 0.25) is 0 Å². The van der Waals surface area contributed by atoms with Crippen LogP contribution in [-0.2, 0) is 0 Å². The molecule has 1 aromatic heterocycles. The Hall–Kier alpha value is -0.330. The zero-order chi connectivity index (χ0) is 13.4. The van der Waals surface area contributed by atoms with Gasteiger partial charge in [-0.05, 0) is 34.5 Å². The molecule has 1 atom stereocenters. The fraction of sp³-hybridized carbons (Fsp3) is 0.167. The molecule has 2 rings (SSSR count). The highest BCUT2D eigenvalue weighted by molar-refractivity contribution is 9.11. The molecule has 1 heterocycles.